The number of aromatic nitrogens is 1. The highest BCUT2D eigenvalue weighted by Gasteiger charge is 2.38. The molecule has 0 spiro atoms. The molecule has 2 unspecified atom stereocenters. The van der Waals surface area contributed by atoms with Gasteiger partial charge in [0.05, 0.1) is 6.20 Å². The molecule has 1 aliphatic carbocycles. The lowest BCUT2D eigenvalue weighted by molar-refractivity contribution is 0.547. The molecule has 1 aliphatic heterocycles. The van der Waals surface area contributed by atoms with E-state index in [0.717, 1.165) is 23.8 Å². The fourth-order valence-electron chi connectivity index (χ4n) is 3.07. The van der Waals surface area contributed by atoms with Crippen molar-refractivity contribution in [1.29, 1.82) is 0 Å². The number of nitrogens with zero attached hydrogens (tertiary/aromatic N) is 2. The van der Waals surface area contributed by atoms with Crippen LogP contribution in [0.3, 0.4) is 0 Å². The molecule has 1 aromatic heterocycles. The van der Waals surface area contributed by atoms with Gasteiger partial charge in [0.15, 0.2) is 0 Å². The summed E-state index contributed by atoms with van der Waals surface area (Å²) in [6.07, 6.45) is 5.14. The van der Waals surface area contributed by atoms with Crippen LogP contribution in [0.2, 0.25) is 0 Å². The molecule has 1 saturated heterocycles. The Bertz CT molecular complexity index is 407. The number of piperidine rings is 1. The second-order valence-electron chi connectivity index (χ2n) is 4.83. The van der Waals surface area contributed by atoms with Crippen molar-refractivity contribution in [1.82, 2.24) is 4.98 Å². The van der Waals surface area contributed by atoms with Crippen molar-refractivity contribution in [2.24, 2.45) is 11.7 Å². The second-order valence-corrected chi connectivity index (χ2v) is 4.83. The lowest BCUT2D eigenvalue weighted by Crippen LogP contribution is -2.33. The summed E-state index contributed by atoms with van der Waals surface area (Å²) in [5.41, 5.74) is 6.48. The van der Waals surface area contributed by atoms with E-state index in [1.165, 1.54) is 31.5 Å². The van der Waals surface area contributed by atoms with Crippen molar-refractivity contribution < 1.29 is 4.39 Å². The van der Waals surface area contributed by atoms with Crippen molar-refractivity contribution in [3.63, 3.8) is 0 Å². The highest BCUT2D eigenvalue weighted by atomic mass is 19.1. The average molecular weight is 221 g/mol. The van der Waals surface area contributed by atoms with Crippen LogP contribution in [0.15, 0.2) is 12.3 Å². The normalized spacial score (nSPS) is 27.8. The van der Waals surface area contributed by atoms with Gasteiger partial charge in [0, 0.05) is 24.7 Å². The smallest absolute Gasteiger partial charge is 0.141 e. The minimum atomic E-state index is -0.298. The van der Waals surface area contributed by atoms with E-state index >= 15 is 0 Å². The molecule has 2 heterocycles. The predicted molar refractivity (Wildman–Crippen MR) is 60.6 cm³/mol. The van der Waals surface area contributed by atoms with Crippen molar-refractivity contribution in [3.05, 3.63) is 23.6 Å². The fourth-order valence-corrected chi connectivity index (χ4v) is 3.07. The van der Waals surface area contributed by atoms with Crippen molar-refractivity contribution >= 4 is 5.82 Å². The number of hydrogen-bond donors (Lipinski definition) is 1. The fraction of sp³-hybridized carbons (Fsp3) is 0.583. The van der Waals surface area contributed by atoms with Gasteiger partial charge in [-0.15, -0.1) is 0 Å². The lowest BCUT2D eigenvalue weighted by atomic mass is 10.1. The summed E-state index contributed by atoms with van der Waals surface area (Å²) in [4.78, 5) is 6.54. The standard InChI is InChI=1S/C12H16FN3/c13-10-4-9(5-14)12(15-6-10)16-7-8-1-2-11(16)3-8/h4,6,8,11H,1-3,5,7,14H2. The zero-order valence-corrected chi connectivity index (χ0v) is 9.19. The molecule has 1 saturated carbocycles. The molecule has 2 atom stereocenters. The summed E-state index contributed by atoms with van der Waals surface area (Å²) in [5, 5.41) is 0. The predicted octanol–water partition coefficient (Wildman–Crippen LogP) is 1.67. The highest BCUT2D eigenvalue weighted by Crippen LogP contribution is 2.40. The van der Waals surface area contributed by atoms with Gasteiger partial charge in [0.25, 0.3) is 0 Å². The number of anilines is 1. The van der Waals surface area contributed by atoms with Crippen LogP contribution in [0.4, 0.5) is 10.2 Å². The third kappa shape index (κ3) is 1.48. The van der Waals surface area contributed by atoms with Gasteiger partial charge in [-0.2, -0.15) is 0 Å². The molecule has 86 valence electrons. The van der Waals surface area contributed by atoms with E-state index in [-0.39, 0.29) is 5.82 Å². The molecule has 2 aliphatic rings. The Kier molecular flexibility index (Phi) is 2.32. The molecule has 2 fully saturated rings. The van der Waals surface area contributed by atoms with Gasteiger partial charge in [0.1, 0.15) is 11.6 Å². The van der Waals surface area contributed by atoms with Crippen LogP contribution in [0.1, 0.15) is 24.8 Å². The maximum atomic E-state index is 13.1. The first kappa shape index (κ1) is 10.0. The zero-order valence-electron chi connectivity index (χ0n) is 9.19. The number of nitrogens with two attached hydrogens (primary N) is 1. The molecule has 3 nitrogen and oxygen atoms in total. The SMILES string of the molecule is NCc1cc(F)cnc1N1CC2CCC1C2. The van der Waals surface area contributed by atoms with Crippen LogP contribution in [-0.4, -0.2) is 17.6 Å². The first-order chi connectivity index (χ1) is 7.78. The van der Waals surface area contributed by atoms with E-state index in [0.29, 0.717) is 12.6 Å². The molecule has 1 aromatic rings. The van der Waals surface area contributed by atoms with Gasteiger partial charge in [-0.3, -0.25) is 0 Å². The molecular formula is C12H16FN3. The minimum absolute atomic E-state index is 0.298. The minimum Gasteiger partial charge on any atom is -0.353 e. The quantitative estimate of drug-likeness (QED) is 0.826. The van der Waals surface area contributed by atoms with E-state index in [4.69, 9.17) is 5.73 Å². The average Bonchev–Trinajstić information content (AvgIpc) is 2.90. The Morgan fingerprint density at radius 1 is 1.50 bits per heavy atom. The van der Waals surface area contributed by atoms with Gasteiger partial charge in [-0.25, -0.2) is 9.37 Å². The summed E-state index contributed by atoms with van der Waals surface area (Å²) in [6, 6.07) is 2.11. The van der Waals surface area contributed by atoms with Gasteiger partial charge in [-0.1, -0.05) is 0 Å². The van der Waals surface area contributed by atoms with E-state index in [1.54, 1.807) is 0 Å². The van der Waals surface area contributed by atoms with Crippen molar-refractivity contribution in [3.8, 4) is 0 Å². The molecule has 4 heteroatoms. The van der Waals surface area contributed by atoms with E-state index < -0.39 is 0 Å². The first-order valence-electron chi connectivity index (χ1n) is 5.89. The molecule has 3 rings (SSSR count). The Labute approximate surface area is 94.5 Å². The van der Waals surface area contributed by atoms with Crippen LogP contribution in [0.25, 0.3) is 0 Å². The molecule has 0 aromatic carbocycles. The number of fused-ring (bicyclic) bond motifs is 2. The summed E-state index contributed by atoms with van der Waals surface area (Å²) < 4.78 is 13.1. The Balaban J connectivity index is 1.94. The number of rotatable bonds is 2. The van der Waals surface area contributed by atoms with Crippen LogP contribution >= 0.6 is 0 Å². The van der Waals surface area contributed by atoms with Gasteiger partial charge < -0.3 is 10.6 Å². The number of hydrogen-bond acceptors (Lipinski definition) is 3. The van der Waals surface area contributed by atoms with Crippen LogP contribution in [0.5, 0.6) is 0 Å². The molecule has 2 N–H and O–H groups in total. The third-order valence-electron chi connectivity index (χ3n) is 3.81. The maximum Gasteiger partial charge on any atom is 0.141 e. The van der Waals surface area contributed by atoms with Gasteiger partial charge in [0.2, 0.25) is 0 Å². The number of halogens is 1. The van der Waals surface area contributed by atoms with Crippen molar-refractivity contribution in [2.75, 3.05) is 11.4 Å². The van der Waals surface area contributed by atoms with Crippen LogP contribution < -0.4 is 10.6 Å². The molecule has 16 heavy (non-hydrogen) atoms. The summed E-state index contributed by atoms with van der Waals surface area (Å²) in [5.74, 6) is 1.41. The van der Waals surface area contributed by atoms with Gasteiger partial charge >= 0.3 is 0 Å². The Morgan fingerprint density at radius 3 is 3.00 bits per heavy atom. The van der Waals surface area contributed by atoms with Crippen molar-refractivity contribution in [2.45, 2.75) is 31.8 Å². The van der Waals surface area contributed by atoms with E-state index in [1.807, 2.05) is 0 Å². The first-order valence-corrected chi connectivity index (χ1v) is 5.89. The molecule has 2 bridgehead atoms. The summed E-state index contributed by atoms with van der Waals surface area (Å²) in [6.45, 7) is 1.42. The topological polar surface area (TPSA) is 42.1 Å². The largest absolute Gasteiger partial charge is 0.353 e. The second kappa shape index (κ2) is 3.70. The Hall–Kier alpha value is -1.16. The maximum absolute atomic E-state index is 13.1. The molecular weight excluding hydrogens is 205 g/mol. The third-order valence-corrected chi connectivity index (χ3v) is 3.81. The molecule has 0 radical (unpaired) electrons. The van der Waals surface area contributed by atoms with Gasteiger partial charge in [-0.05, 0) is 31.2 Å². The van der Waals surface area contributed by atoms with E-state index in [9.17, 15) is 4.39 Å². The zero-order chi connectivity index (χ0) is 11.1. The molecule has 0 amide bonds. The summed E-state index contributed by atoms with van der Waals surface area (Å²) >= 11 is 0. The summed E-state index contributed by atoms with van der Waals surface area (Å²) in [7, 11) is 0. The van der Waals surface area contributed by atoms with Crippen LogP contribution in [-0.2, 0) is 6.54 Å². The monoisotopic (exact) mass is 221 g/mol. The van der Waals surface area contributed by atoms with E-state index in [2.05, 4.69) is 9.88 Å². The number of pyridine rings is 1. The highest BCUT2D eigenvalue weighted by molar-refractivity contribution is 5.49. The Morgan fingerprint density at radius 2 is 2.38 bits per heavy atom. The van der Waals surface area contributed by atoms with Crippen LogP contribution in [0, 0.1) is 11.7 Å². The lowest BCUT2D eigenvalue weighted by Gasteiger charge is -2.29.